The van der Waals surface area contributed by atoms with E-state index >= 15 is 0 Å². The first-order chi connectivity index (χ1) is 9.36. The van der Waals surface area contributed by atoms with Crippen LogP contribution in [0.1, 0.15) is 19.0 Å². The molecular formula is C14H23N5. The molecule has 0 amide bonds. The lowest BCUT2D eigenvalue weighted by atomic mass is 10.1. The van der Waals surface area contributed by atoms with E-state index in [1.54, 1.807) is 6.33 Å². The fraction of sp³-hybridized carbons (Fsp3) is 0.714. The third-order valence-corrected chi connectivity index (χ3v) is 4.07. The van der Waals surface area contributed by atoms with Gasteiger partial charge in [0.15, 0.2) is 0 Å². The summed E-state index contributed by atoms with van der Waals surface area (Å²) in [5.74, 6) is 1.10. The van der Waals surface area contributed by atoms with Gasteiger partial charge in [-0.1, -0.05) is 13.3 Å². The zero-order valence-corrected chi connectivity index (χ0v) is 11.7. The number of piperazine rings is 1. The second kappa shape index (κ2) is 5.84. The molecule has 0 aromatic carbocycles. The number of aryl methyl sites for hydroxylation is 1. The van der Waals surface area contributed by atoms with Gasteiger partial charge in [0.1, 0.15) is 12.1 Å². The number of nitrogens with one attached hydrogen (secondary N) is 1. The molecule has 3 rings (SSSR count). The van der Waals surface area contributed by atoms with E-state index in [-0.39, 0.29) is 0 Å². The monoisotopic (exact) mass is 261 g/mol. The van der Waals surface area contributed by atoms with Gasteiger partial charge >= 0.3 is 0 Å². The Kier molecular flexibility index (Phi) is 3.94. The second-order valence-electron chi connectivity index (χ2n) is 5.46. The van der Waals surface area contributed by atoms with E-state index < -0.39 is 0 Å². The SMILES string of the molecule is CCCc1cc(N2CC(N3CCNCC3)C2)ncn1. The molecule has 0 atom stereocenters. The maximum absolute atomic E-state index is 4.41. The van der Waals surface area contributed by atoms with Gasteiger partial charge < -0.3 is 10.2 Å². The van der Waals surface area contributed by atoms with Gasteiger partial charge in [-0.15, -0.1) is 0 Å². The van der Waals surface area contributed by atoms with Crippen LogP contribution < -0.4 is 10.2 Å². The van der Waals surface area contributed by atoms with Crippen LogP contribution in [0.25, 0.3) is 0 Å². The molecule has 0 bridgehead atoms. The van der Waals surface area contributed by atoms with Gasteiger partial charge in [0.05, 0.1) is 0 Å². The Balaban J connectivity index is 1.56. The molecule has 0 spiro atoms. The van der Waals surface area contributed by atoms with E-state index in [9.17, 15) is 0 Å². The number of nitrogens with zero attached hydrogens (tertiary/aromatic N) is 4. The van der Waals surface area contributed by atoms with Crippen molar-refractivity contribution in [1.82, 2.24) is 20.2 Å². The Morgan fingerprint density at radius 1 is 1.26 bits per heavy atom. The zero-order chi connectivity index (χ0) is 13.1. The van der Waals surface area contributed by atoms with Crippen molar-refractivity contribution < 1.29 is 0 Å². The third-order valence-electron chi connectivity index (χ3n) is 4.07. The summed E-state index contributed by atoms with van der Waals surface area (Å²) in [4.78, 5) is 13.7. The van der Waals surface area contributed by atoms with Gasteiger partial charge in [-0.05, 0) is 6.42 Å². The van der Waals surface area contributed by atoms with Crippen LogP contribution in [-0.2, 0) is 6.42 Å². The van der Waals surface area contributed by atoms with Crippen LogP contribution in [0.15, 0.2) is 12.4 Å². The fourth-order valence-electron chi connectivity index (χ4n) is 2.87. The highest BCUT2D eigenvalue weighted by Crippen LogP contribution is 2.22. The van der Waals surface area contributed by atoms with E-state index in [1.807, 2.05) is 0 Å². The zero-order valence-electron chi connectivity index (χ0n) is 11.7. The molecule has 1 aromatic heterocycles. The number of aromatic nitrogens is 2. The van der Waals surface area contributed by atoms with Crippen molar-refractivity contribution >= 4 is 5.82 Å². The minimum atomic E-state index is 0.715. The van der Waals surface area contributed by atoms with Gasteiger partial charge in [0, 0.05) is 57.1 Å². The highest BCUT2D eigenvalue weighted by Gasteiger charge is 2.33. The first kappa shape index (κ1) is 12.8. The third kappa shape index (κ3) is 2.87. The lowest BCUT2D eigenvalue weighted by Crippen LogP contribution is -2.63. The molecule has 2 aliphatic rings. The number of hydrogen-bond donors (Lipinski definition) is 1. The average molecular weight is 261 g/mol. The van der Waals surface area contributed by atoms with Crippen molar-refractivity contribution in [2.24, 2.45) is 0 Å². The van der Waals surface area contributed by atoms with E-state index in [0.29, 0.717) is 6.04 Å². The molecule has 0 unspecified atom stereocenters. The molecule has 19 heavy (non-hydrogen) atoms. The Morgan fingerprint density at radius 2 is 2.05 bits per heavy atom. The van der Waals surface area contributed by atoms with Gasteiger partial charge in [-0.25, -0.2) is 9.97 Å². The summed E-state index contributed by atoms with van der Waals surface area (Å²) in [5.41, 5.74) is 1.16. The minimum Gasteiger partial charge on any atom is -0.353 e. The molecule has 2 fully saturated rings. The minimum absolute atomic E-state index is 0.715. The predicted octanol–water partition coefficient (Wildman–Crippen LogP) is 0.523. The highest BCUT2D eigenvalue weighted by molar-refractivity contribution is 5.43. The Morgan fingerprint density at radius 3 is 2.79 bits per heavy atom. The standard InChI is InChI=1S/C14H23N5/c1-2-3-12-8-14(17-11-16-12)19-9-13(10-19)18-6-4-15-5-7-18/h8,11,13,15H,2-7,9-10H2,1H3. The molecule has 0 aliphatic carbocycles. The molecule has 2 aliphatic heterocycles. The molecular weight excluding hydrogens is 238 g/mol. The van der Waals surface area contributed by atoms with Gasteiger partial charge in [0.2, 0.25) is 0 Å². The summed E-state index contributed by atoms with van der Waals surface area (Å²) >= 11 is 0. The molecule has 5 nitrogen and oxygen atoms in total. The van der Waals surface area contributed by atoms with Crippen molar-refractivity contribution in [2.45, 2.75) is 25.8 Å². The summed E-state index contributed by atoms with van der Waals surface area (Å²) in [6.45, 7) is 9.04. The number of rotatable bonds is 4. The van der Waals surface area contributed by atoms with Crippen LogP contribution in [0.3, 0.4) is 0 Å². The quantitative estimate of drug-likeness (QED) is 0.856. The van der Waals surface area contributed by atoms with Crippen LogP contribution >= 0.6 is 0 Å². The molecule has 0 saturated carbocycles. The van der Waals surface area contributed by atoms with Crippen LogP contribution in [0.2, 0.25) is 0 Å². The maximum atomic E-state index is 4.41. The largest absolute Gasteiger partial charge is 0.353 e. The molecule has 2 saturated heterocycles. The predicted molar refractivity (Wildman–Crippen MR) is 76.5 cm³/mol. The van der Waals surface area contributed by atoms with Crippen molar-refractivity contribution in [2.75, 3.05) is 44.2 Å². The summed E-state index contributed by atoms with van der Waals surface area (Å²) in [6.07, 6.45) is 3.89. The van der Waals surface area contributed by atoms with Gasteiger partial charge in [-0.2, -0.15) is 0 Å². The smallest absolute Gasteiger partial charge is 0.132 e. The lowest BCUT2D eigenvalue weighted by Gasteiger charge is -2.47. The van der Waals surface area contributed by atoms with Crippen LogP contribution in [0.5, 0.6) is 0 Å². The van der Waals surface area contributed by atoms with Crippen LogP contribution in [0, 0.1) is 0 Å². The summed E-state index contributed by atoms with van der Waals surface area (Å²) < 4.78 is 0. The lowest BCUT2D eigenvalue weighted by molar-refractivity contribution is 0.147. The van der Waals surface area contributed by atoms with Crippen molar-refractivity contribution in [3.8, 4) is 0 Å². The van der Waals surface area contributed by atoms with E-state index in [0.717, 1.165) is 50.5 Å². The van der Waals surface area contributed by atoms with Crippen LogP contribution in [0.4, 0.5) is 5.82 Å². The molecule has 1 aromatic rings. The van der Waals surface area contributed by atoms with Gasteiger partial charge in [0.25, 0.3) is 0 Å². The maximum Gasteiger partial charge on any atom is 0.132 e. The summed E-state index contributed by atoms with van der Waals surface area (Å²) in [7, 11) is 0. The molecule has 0 radical (unpaired) electrons. The molecule has 5 heteroatoms. The summed E-state index contributed by atoms with van der Waals surface area (Å²) in [6, 6.07) is 2.86. The van der Waals surface area contributed by atoms with E-state index in [4.69, 9.17) is 0 Å². The molecule has 1 N–H and O–H groups in total. The second-order valence-corrected chi connectivity index (χ2v) is 5.46. The van der Waals surface area contributed by atoms with Gasteiger partial charge in [-0.3, -0.25) is 4.90 Å². The fourth-order valence-corrected chi connectivity index (χ4v) is 2.87. The first-order valence-corrected chi connectivity index (χ1v) is 7.37. The normalized spacial score (nSPS) is 21.4. The molecule has 3 heterocycles. The van der Waals surface area contributed by atoms with E-state index in [1.165, 1.54) is 13.1 Å². The Labute approximate surface area is 115 Å². The molecule has 104 valence electrons. The summed E-state index contributed by atoms with van der Waals surface area (Å²) in [5, 5.41) is 3.41. The average Bonchev–Trinajstić information content (AvgIpc) is 2.39. The van der Waals surface area contributed by atoms with Crippen molar-refractivity contribution in [3.05, 3.63) is 18.1 Å². The number of hydrogen-bond acceptors (Lipinski definition) is 5. The number of anilines is 1. The Hall–Kier alpha value is -1.20. The highest BCUT2D eigenvalue weighted by atomic mass is 15.3. The van der Waals surface area contributed by atoms with E-state index in [2.05, 4.69) is 38.1 Å². The van der Waals surface area contributed by atoms with Crippen molar-refractivity contribution in [3.63, 3.8) is 0 Å². The van der Waals surface area contributed by atoms with Crippen molar-refractivity contribution in [1.29, 1.82) is 0 Å². The Bertz CT molecular complexity index is 410. The van der Waals surface area contributed by atoms with Crippen LogP contribution in [-0.4, -0.2) is 60.2 Å². The topological polar surface area (TPSA) is 44.3 Å². The first-order valence-electron chi connectivity index (χ1n) is 7.37.